The molecule has 0 bridgehead atoms. The van der Waals surface area contributed by atoms with Crippen LogP contribution < -0.4 is 14.8 Å². The summed E-state index contributed by atoms with van der Waals surface area (Å²) >= 11 is 0. The highest BCUT2D eigenvalue weighted by Crippen LogP contribution is 2.33. The van der Waals surface area contributed by atoms with Gasteiger partial charge >= 0.3 is 0 Å². The van der Waals surface area contributed by atoms with Gasteiger partial charge in [0.25, 0.3) is 5.91 Å². The fourth-order valence-electron chi connectivity index (χ4n) is 2.94. The Morgan fingerprint density at radius 3 is 2.68 bits per heavy atom. The summed E-state index contributed by atoms with van der Waals surface area (Å²) in [5.74, 6) is 0.936. The standard InChI is InChI=1S/C22H23N3O3/c1-4-8-17-11-18(12-20(27-2)21(17)28-3)22(26)23-13-16-14-24-25(15-16)19-9-6-5-7-10-19/h4-7,9-12,14-15H,1,8,13H2,2-3H3,(H,23,26). The lowest BCUT2D eigenvalue weighted by Gasteiger charge is -2.14. The molecule has 1 aromatic heterocycles. The molecule has 1 amide bonds. The number of carbonyl (C=O) groups is 1. The van der Waals surface area contributed by atoms with Gasteiger partial charge in [-0.2, -0.15) is 5.10 Å². The van der Waals surface area contributed by atoms with E-state index in [0.717, 1.165) is 16.8 Å². The fraction of sp³-hybridized carbons (Fsp3) is 0.182. The zero-order valence-corrected chi connectivity index (χ0v) is 16.0. The minimum absolute atomic E-state index is 0.196. The highest BCUT2D eigenvalue weighted by Gasteiger charge is 2.15. The lowest BCUT2D eigenvalue weighted by Crippen LogP contribution is -2.23. The van der Waals surface area contributed by atoms with E-state index in [4.69, 9.17) is 9.47 Å². The molecule has 0 aliphatic carbocycles. The molecule has 0 radical (unpaired) electrons. The average molecular weight is 377 g/mol. The average Bonchev–Trinajstić information content (AvgIpc) is 3.21. The molecule has 28 heavy (non-hydrogen) atoms. The van der Waals surface area contributed by atoms with Crippen LogP contribution in [0.4, 0.5) is 0 Å². The van der Waals surface area contributed by atoms with E-state index in [1.807, 2.05) is 36.5 Å². The maximum absolute atomic E-state index is 12.7. The molecule has 1 N–H and O–H groups in total. The van der Waals surface area contributed by atoms with Crippen LogP contribution in [-0.4, -0.2) is 29.9 Å². The van der Waals surface area contributed by atoms with Crippen molar-refractivity contribution in [3.05, 3.63) is 84.2 Å². The van der Waals surface area contributed by atoms with E-state index in [0.29, 0.717) is 30.0 Å². The van der Waals surface area contributed by atoms with Crippen molar-refractivity contribution >= 4 is 5.91 Å². The lowest BCUT2D eigenvalue weighted by atomic mass is 10.0. The highest BCUT2D eigenvalue weighted by molar-refractivity contribution is 5.95. The molecule has 0 saturated carbocycles. The molecule has 0 fully saturated rings. The van der Waals surface area contributed by atoms with Crippen molar-refractivity contribution in [2.45, 2.75) is 13.0 Å². The molecule has 0 spiro atoms. The molecule has 3 aromatic rings. The first-order chi connectivity index (χ1) is 13.7. The van der Waals surface area contributed by atoms with E-state index in [9.17, 15) is 4.79 Å². The van der Waals surface area contributed by atoms with Gasteiger partial charge in [0.15, 0.2) is 11.5 Å². The van der Waals surface area contributed by atoms with E-state index in [1.165, 1.54) is 0 Å². The van der Waals surface area contributed by atoms with E-state index in [1.54, 1.807) is 43.3 Å². The number of benzene rings is 2. The van der Waals surface area contributed by atoms with Gasteiger partial charge in [0.2, 0.25) is 0 Å². The van der Waals surface area contributed by atoms with Gasteiger partial charge in [0.1, 0.15) is 0 Å². The Labute approximate surface area is 164 Å². The Kier molecular flexibility index (Phi) is 6.11. The number of nitrogens with zero attached hydrogens (tertiary/aromatic N) is 2. The SMILES string of the molecule is C=CCc1cc(C(=O)NCc2cnn(-c3ccccc3)c2)cc(OC)c1OC. The number of allylic oxidation sites excluding steroid dienone is 1. The molecule has 3 rings (SSSR count). The quantitative estimate of drug-likeness (QED) is 0.610. The Morgan fingerprint density at radius 2 is 2.00 bits per heavy atom. The van der Waals surface area contributed by atoms with E-state index < -0.39 is 0 Å². The third kappa shape index (κ3) is 4.23. The van der Waals surface area contributed by atoms with Crippen molar-refractivity contribution in [2.24, 2.45) is 0 Å². The molecule has 0 unspecified atom stereocenters. The van der Waals surface area contributed by atoms with Crippen molar-refractivity contribution in [3.8, 4) is 17.2 Å². The minimum Gasteiger partial charge on any atom is -0.493 e. The Hall–Kier alpha value is -3.54. The number of carbonyl (C=O) groups excluding carboxylic acids is 1. The summed E-state index contributed by atoms with van der Waals surface area (Å²) in [6.07, 6.45) is 5.97. The smallest absolute Gasteiger partial charge is 0.251 e. The van der Waals surface area contributed by atoms with Crippen LogP contribution in [0.1, 0.15) is 21.5 Å². The summed E-state index contributed by atoms with van der Waals surface area (Å²) in [6.45, 7) is 4.13. The zero-order chi connectivity index (χ0) is 19.9. The number of hydrogen-bond donors (Lipinski definition) is 1. The molecule has 0 aliphatic rings. The second-order valence-corrected chi connectivity index (χ2v) is 6.18. The van der Waals surface area contributed by atoms with Crippen LogP contribution in [0.3, 0.4) is 0 Å². The Morgan fingerprint density at radius 1 is 1.21 bits per heavy atom. The molecule has 1 heterocycles. The molecule has 0 saturated heterocycles. The summed E-state index contributed by atoms with van der Waals surface area (Å²) in [7, 11) is 3.13. The van der Waals surface area contributed by atoms with Gasteiger partial charge in [-0.05, 0) is 30.7 Å². The summed E-state index contributed by atoms with van der Waals surface area (Å²) in [5, 5.41) is 7.27. The third-order valence-corrected chi connectivity index (χ3v) is 4.29. The van der Waals surface area contributed by atoms with Gasteiger partial charge in [0.05, 0.1) is 26.1 Å². The number of nitrogens with one attached hydrogen (secondary N) is 1. The Balaban J connectivity index is 1.74. The fourth-order valence-corrected chi connectivity index (χ4v) is 2.94. The second-order valence-electron chi connectivity index (χ2n) is 6.18. The Bertz CT molecular complexity index is 964. The molecule has 6 heteroatoms. The monoisotopic (exact) mass is 377 g/mol. The second kappa shape index (κ2) is 8.90. The van der Waals surface area contributed by atoms with Crippen molar-refractivity contribution in [1.29, 1.82) is 0 Å². The van der Waals surface area contributed by atoms with Crippen LogP contribution in [0.25, 0.3) is 5.69 Å². The number of aromatic nitrogens is 2. The summed E-state index contributed by atoms with van der Waals surface area (Å²) in [4.78, 5) is 12.7. The molecular weight excluding hydrogens is 354 g/mol. The third-order valence-electron chi connectivity index (χ3n) is 4.29. The van der Waals surface area contributed by atoms with Crippen molar-refractivity contribution in [3.63, 3.8) is 0 Å². The van der Waals surface area contributed by atoms with Crippen LogP contribution >= 0.6 is 0 Å². The summed E-state index contributed by atoms with van der Waals surface area (Å²) in [5.41, 5.74) is 3.22. The largest absolute Gasteiger partial charge is 0.493 e. The predicted octanol–water partition coefficient (Wildman–Crippen LogP) is 3.55. The van der Waals surface area contributed by atoms with Gasteiger partial charge in [-0.1, -0.05) is 24.3 Å². The molecule has 144 valence electrons. The van der Waals surface area contributed by atoms with Crippen molar-refractivity contribution in [1.82, 2.24) is 15.1 Å². The number of methoxy groups -OCH3 is 2. The topological polar surface area (TPSA) is 65.4 Å². The number of rotatable bonds is 8. The summed E-state index contributed by atoms with van der Waals surface area (Å²) < 4.78 is 12.6. The van der Waals surface area contributed by atoms with Gasteiger partial charge in [-0.3, -0.25) is 4.79 Å². The zero-order valence-electron chi connectivity index (χ0n) is 16.0. The van der Waals surface area contributed by atoms with E-state index in [-0.39, 0.29) is 5.91 Å². The maximum Gasteiger partial charge on any atom is 0.251 e. The van der Waals surface area contributed by atoms with Gasteiger partial charge in [-0.15, -0.1) is 6.58 Å². The molecule has 0 atom stereocenters. The van der Waals surface area contributed by atoms with Crippen LogP contribution in [0.2, 0.25) is 0 Å². The predicted molar refractivity (Wildman–Crippen MR) is 108 cm³/mol. The van der Waals surface area contributed by atoms with Crippen molar-refractivity contribution in [2.75, 3.05) is 14.2 Å². The molecule has 2 aromatic carbocycles. The van der Waals surface area contributed by atoms with Crippen LogP contribution in [0.5, 0.6) is 11.5 Å². The maximum atomic E-state index is 12.7. The van der Waals surface area contributed by atoms with Crippen LogP contribution in [0.15, 0.2) is 67.5 Å². The number of ether oxygens (including phenoxy) is 2. The summed E-state index contributed by atoms with van der Waals surface area (Å²) in [6, 6.07) is 13.3. The first kappa shape index (κ1) is 19.2. The van der Waals surface area contributed by atoms with E-state index >= 15 is 0 Å². The number of amides is 1. The highest BCUT2D eigenvalue weighted by atomic mass is 16.5. The van der Waals surface area contributed by atoms with Gasteiger partial charge < -0.3 is 14.8 Å². The minimum atomic E-state index is -0.196. The molecule has 6 nitrogen and oxygen atoms in total. The van der Waals surface area contributed by atoms with Crippen molar-refractivity contribution < 1.29 is 14.3 Å². The van der Waals surface area contributed by atoms with Gasteiger partial charge in [-0.25, -0.2) is 4.68 Å². The van der Waals surface area contributed by atoms with E-state index in [2.05, 4.69) is 17.0 Å². The molecule has 0 aliphatic heterocycles. The lowest BCUT2D eigenvalue weighted by molar-refractivity contribution is 0.0950. The van der Waals surface area contributed by atoms with Gasteiger partial charge in [0, 0.05) is 29.4 Å². The molecular formula is C22H23N3O3. The normalized spacial score (nSPS) is 10.4. The first-order valence-corrected chi connectivity index (χ1v) is 8.89. The first-order valence-electron chi connectivity index (χ1n) is 8.89. The number of para-hydroxylation sites is 1. The van der Waals surface area contributed by atoms with Crippen LogP contribution in [-0.2, 0) is 13.0 Å². The van der Waals surface area contributed by atoms with Crippen LogP contribution in [0, 0.1) is 0 Å². The number of hydrogen-bond acceptors (Lipinski definition) is 4.